The number of ether oxygens (including phenoxy) is 1. The lowest BCUT2D eigenvalue weighted by Crippen LogP contribution is -2.24. The fraction of sp³-hybridized carbons (Fsp3) is 0.778. The molecule has 1 fully saturated rings. The van der Waals surface area contributed by atoms with Gasteiger partial charge in [0.1, 0.15) is 0 Å². The Morgan fingerprint density at radius 3 is 3.00 bits per heavy atom. The fourth-order valence-electron chi connectivity index (χ4n) is 1.71. The van der Waals surface area contributed by atoms with Crippen LogP contribution in [0, 0.1) is 6.92 Å². The summed E-state index contributed by atoms with van der Waals surface area (Å²) in [5.41, 5.74) is 1.000. The second-order valence-corrected chi connectivity index (χ2v) is 5.30. The maximum absolute atomic E-state index is 6.01. The van der Waals surface area contributed by atoms with Crippen LogP contribution in [-0.2, 0) is 4.74 Å². The summed E-state index contributed by atoms with van der Waals surface area (Å²) in [4.78, 5) is 1.19. The minimum absolute atomic E-state index is 0.0128. The second kappa shape index (κ2) is 3.87. The molecule has 78 valence electrons. The highest BCUT2D eigenvalue weighted by Gasteiger charge is 2.37. The Balaban J connectivity index is 2.13. The molecule has 0 bridgehead atoms. The zero-order chi connectivity index (χ0) is 10.2. The minimum atomic E-state index is -0.0128. The number of hydrogen-bond acceptors (Lipinski definition) is 4. The van der Waals surface area contributed by atoms with Gasteiger partial charge >= 0.3 is 0 Å². The van der Waals surface area contributed by atoms with E-state index in [1.54, 1.807) is 0 Å². The van der Waals surface area contributed by atoms with E-state index in [0.29, 0.717) is 0 Å². The summed E-state index contributed by atoms with van der Waals surface area (Å²) in [6.45, 7) is 4.14. The first-order chi connectivity index (χ1) is 6.64. The van der Waals surface area contributed by atoms with Crippen molar-refractivity contribution in [1.29, 1.82) is 0 Å². The summed E-state index contributed by atoms with van der Waals surface area (Å²) < 4.78 is 9.95. The Bertz CT molecular complexity index is 330. The summed E-state index contributed by atoms with van der Waals surface area (Å²) in [7, 11) is 0. The van der Waals surface area contributed by atoms with Crippen LogP contribution in [0.5, 0.6) is 0 Å². The van der Waals surface area contributed by atoms with E-state index in [1.165, 1.54) is 16.4 Å². The molecular weight excluding hydrogens is 264 g/mol. The van der Waals surface area contributed by atoms with Crippen molar-refractivity contribution in [1.82, 2.24) is 9.59 Å². The normalized spacial score (nSPS) is 32.4. The lowest BCUT2D eigenvalue weighted by molar-refractivity contribution is -0.0108. The van der Waals surface area contributed by atoms with E-state index in [9.17, 15) is 0 Å². The number of alkyl halides is 1. The molecule has 2 atom stereocenters. The van der Waals surface area contributed by atoms with Gasteiger partial charge in [-0.3, -0.25) is 0 Å². The second-order valence-electron chi connectivity index (χ2n) is 3.95. The maximum Gasteiger partial charge on any atom is 0.0960 e. The van der Waals surface area contributed by atoms with Gasteiger partial charge in [-0.05, 0) is 38.2 Å². The van der Waals surface area contributed by atoms with Gasteiger partial charge in [0.05, 0.1) is 22.3 Å². The molecule has 2 rings (SSSR count). The molecular formula is C9H13BrN2OS. The van der Waals surface area contributed by atoms with Gasteiger partial charge in [0, 0.05) is 5.33 Å². The zero-order valence-electron chi connectivity index (χ0n) is 8.29. The van der Waals surface area contributed by atoms with Gasteiger partial charge in [0.2, 0.25) is 0 Å². The average Bonchev–Trinajstić information content (AvgIpc) is 2.73. The lowest BCUT2D eigenvalue weighted by atomic mass is 10.0. The lowest BCUT2D eigenvalue weighted by Gasteiger charge is -2.21. The van der Waals surface area contributed by atoms with Gasteiger partial charge in [0.15, 0.2) is 0 Å². The van der Waals surface area contributed by atoms with Crippen molar-refractivity contribution in [2.75, 3.05) is 5.33 Å². The van der Waals surface area contributed by atoms with Crippen molar-refractivity contribution in [2.45, 2.75) is 38.4 Å². The van der Waals surface area contributed by atoms with Crippen LogP contribution in [0.3, 0.4) is 0 Å². The standard InChI is InChI=1S/C9H13BrN2OS/c1-6-8(14-12-11-6)7-3-4-9(2,5-10)13-7/h7H,3-5H2,1-2H3. The number of nitrogens with zero attached hydrogens (tertiary/aromatic N) is 2. The molecule has 1 aromatic rings. The first kappa shape index (κ1) is 10.5. The zero-order valence-corrected chi connectivity index (χ0v) is 10.7. The van der Waals surface area contributed by atoms with Crippen LogP contribution < -0.4 is 0 Å². The molecule has 0 saturated carbocycles. The molecule has 0 spiro atoms. The van der Waals surface area contributed by atoms with Crippen LogP contribution in [0.25, 0.3) is 0 Å². The molecule has 1 saturated heterocycles. The van der Waals surface area contributed by atoms with Crippen LogP contribution in [0.1, 0.15) is 36.4 Å². The van der Waals surface area contributed by atoms with Gasteiger partial charge in [-0.15, -0.1) is 5.10 Å². The van der Waals surface area contributed by atoms with E-state index in [1.807, 2.05) is 6.92 Å². The third kappa shape index (κ3) is 1.85. The van der Waals surface area contributed by atoms with Crippen molar-refractivity contribution in [3.05, 3.63) is 10.6 Å². The molecule has 1 aromatic heterocycles. The Labute approximate surface area is 96.2 Å². The van der Waals surface area contributed by atoms with Crippen molar-refractivity contribution in [3.8, 4) is 0 Å². The van der Waals surface area contributed by atoms with Gasteiger partial charge in [-0.2, -0.15) is 0 Å². The van der Waals surface area contributed by atoms with E-state index in [-0.39, 0.29) is 11.7 Å². The number of halogens is 1. The van der Waals surface area contributed by atoms with Gasteiger partial charge in [0.25, 0.3) is 0 Å². The third-order valence-electron chi connectivity index (χ3n) is 2.62. The highest BCUT2D eigenvalue weighted by atomic mass is 79.9. The van der Waals surface area contributed by atoms with Crippen molar-refractivity contribution in [2.24, 2.45) is 0 Å². The van der Waals surface area contributed by atoms with E-state index in [2.05, 4.69) is 32.4 Å². The molecule has 0 aromatic carbocycles. The van der Waals surface area contributed by atoms with Crippen LogP contribution in [0.2, 0.25) is 0 Å². The molecule has 1 aliphatic heterocycles. The summed E-state index contributed by atoms with van der Waals surface area (Å²) in [5, 5.41) is 4.90. The summed E-state index contributed by atoms with van der Waals surface area (Å²) >= 11 is 4.95. The summed E-state index contributed by atoms with van der Waals surface area (Å²) in [5.74, 6) is 0. The molecule has 0 amide bonds. The molecule has 14 heavy (non-hydrogen) atoms. The Kier molecular flexibility index (Phi) is 2.91. The monoisotopic (exact) mass is 276 g/mol. The van der Waals surface area contributed by atoms with E-state index >= 15 is 0 Å². The van der Waals surface area contributed by atoms with Gasteiger partial charge in [-0.25, -0.2) is 0 Å². The fourth-order valence-corrected chi connectivity index (χ4v) is 2.83. The molecule has 0 aliphatic carbocycles. The highest BCUT2D eigenvalue weighted by molar-refractivity contribution is 9.09. The van der Waals surface area contributed by atoms with E-state index < -0.39 is 0 Å². The van der Waals surface area contributed by atoms with Crippen LogP contribution >= 0.6 is 27.5 Å². The molecule has 5 heteroatoms. The Hall–Kier alpha value is -0.0000000000000000763. The van der Waals surface area contributed by atoms with Crippen LogP contribution in [0.15, 0.2) is 0 Å². The largest absolute Gasteiger partial charge is 0.366 e. The SMILES string of the molecule is Cc1nnsc1C1CCC(C)(CBr)O1. The van der Waals surface area contributed by atoms with Gasteiger partial charge in [-0.1, -0.05) is 20.4 Å². The molecule has 2 unspecified atom stereocenters. The molecule has 3 nitrogen and oxygen atoms in total. The van der Waals surface area contributed by atoms with Crippen molar-refractivity contribution < 1.29 is 4.74 Å². The number of aromatic nitrogens is 2. The molecule has 1 aliphatic rings. The van der Waals surface area contributed by atoms with Crippen molar-refractivity contribution >= 4 is 27.5 Å². The van der Waals surface area contributed by atoms with E-state index in [4.69, 9.17) is 4.74 Å². The Morgan fingerprint density at radius 1 is 1.71 bits per heavy atom. The van der Waals surface area contributed by atoms with Crippen LogP contribution in [-0.4, -0.2) is 20.5 Å². The predicted molar refractivity (Wildman–Crippen MR) is 59.9 cm³/mol. The molecule has 0 N–H and O–H groups in total. The smallest absolute Gasteiger partial charge is 0.0960 e. The van der Waals surface area contributed by atoms with Crippen molar-refractivity contribution in [3.63, 3.8) is 0 Å². The molecule has 2 heterocycles. The van der Waals surface area contributed by atoms with E-state index in [0.717, 1.165) is 23.9 Å². The predicted octanol–water partition coefficient (Wildman–Crippen LogP) is 2.85. The first-order valence-electron chi connectivity index (χ1n) is 4.67. The minimum Gasteiger partial charge on any atom is -0.366 e. The summed E-state index contributed by atoms with van der Waals surface area (Å²) in [6, 6.07) is 0. The van der Waals surface area contributed by atoms with Crippen LogP contribution in [0.4, 0.5) is 0 Å². The first-order valence-corrected chi connectivity index (χ1v) is 6.57. The third-order valence-corrected chi connectivity index (χ3v) is 4.73. The average molecular weight is 277 g/mol. The summed E-state index contributed by atoms with van der Waals surface area (Å²) in [6.07, 6.45) is 2.38. The quantitative estimate of drug-likeness (QED) is 0.780. The topological polar surface area (TPSA) is 35.0 Å². The number of aryl methyl sites for hydroxylation is 1. The molecule has 0 radical (unpaired) electrons. The highest BCUT2D eigenvalue weighted by Crippen LogP contribution is 2.41. The maximum atomic E-state index is 6.01. The number of rotatable bonds is 2. The Morgan fingerprint density at radius 2 is 2.50 bits per heavy atom. The number of hydrogen-bond donors (Lipinski definition) is 0. The van der Waals surface area contributed by atoms with Gasteiger partial charge < -0.3 is 4.74 Å².